The summed E-state index contributed by atoms with van der Waals surface area (Å²) in [6.45, 7) is 4.04. The summed E-state index contributed by atoms with van der Waals surface area (Å²) in [4.78, 5) is 51.2. The lowest BCUT2D eigenvalue weighted by Crippen LogP contribution is -2.40. The van der Waals surface area contributed by atoms with Crippen LogP contribution in [0.3, 0.4) is 0 Å². The summed E-state index contributed by atoms with van der Waals surface area (Å²) in [6.07, 6.45) is -0.203. The van der Waals surface area contributed by atoms with E-state index in [1.54, 1.807) is 0 Å². The summed E-state index contributed by atoms with van der Waals surface area (Å²) in [6, 6.07) is 14.9. The van der Waals surface area contributed by atoms with Crippen LogP contribution in [0.15, 0.2) is 58.1 Å². The number of carbonyl (C=O) groups is 2. The number of anilines is 2. The molecule has 0 fully saturated rings. The molecule has 1 aliphatic rings. The fourth-order valence-corrected chi connectivity index (χ4v) is 4.02. The van der Waals surface area contributed by atoms with Crippen LogP contribution in [0.5, 0.6) is 0 Å². The zero-order chi connectivity index (χ0) is 23.0. The largest absolute Gasteiger partial charge is 0.332 e. The van der Waals surface area contributed by atoms with Crippen LogP contribution >= 0.6 is 0 Å². The predicted molar refractivity (Wildman–Crippen MR) is 122 cm³/mol. The molecule has 2 heterocycles. The second kappa shape index (κ2) is 8.30. The van der Waals surface area contributed by atoms with Crippen LogP contribution in [-0.4, -0.2) is 20.9 Å². The summed E-state index contributed by atoms with van der Waals surface area (Å²) >= 11 is 0. The molecule has 32 heavy (non-hydrogen) atoms. The maximum absolute atomic E-state index is 12.9. The molecule has 0 unspecified atom stereocenters. The molecule has 8 nitrogen and oxygen atoms in total. The Bertz CT molecular complexity index is 1340. The Morgan fingerprint density at radius 1 is 1.06 bits per heavy atom. The van der Waals surface area contributed by atoms with E-state index in [1.807, 2.05) is 62.4 Å². The number of nitrogens with zero attached hydrogens (tertiary/aromatic N) is 2. The SMILES string of the molecule is Cc1ccc(NC(=O)C[C@@H]2C(=O)Nc3c2c(=O)n(C)c(=O)n3Cc2ccccc2)c(C)c1. The molecule has 0 aliphatic carbocycles. The summed E-state index contributed by atoms with van der Waals surface area (Å²) in [5, 5.41) is 5.48. The van der Waals surface area contributed by atoms with Crippen LogP contribution in [0.4, 0.5) is 11.5 Å². The Morgan fingerprint density at radius 3 is 2.47 bits per heavy atom. The van der Waals surface area contributed by atoms with Gasteiger partial charge < -0.3 is 10.6 Å². The Balaban J connectivity index is 1.67. The predicted octanol–water partition coefficient (Wildman–Crippen LogP) is 2.28. The number of hydrogen-bond donors (Lipinski definition) is 2. The molecule has 164 valence electrons. The monoisotopic (exact) mass is 432 g/mol. The molecule has 1 aromatic heterocycles. The highest BCUT2D eigenvalue weighted by Crippen LogP contribution is 2.32. The van der Waals surface area contributed by atoms with Crippen molar-refractivity contribution in [3.8, 4) is 0 Å². The minimum absolute atomic E-state index is 0.142. The first kappa shape index (κ1) is 21.3. The highest BCUT2D eigenvalue weighted by Gasteiger charge is 2.38. The topological polar surface area (TPSA) is 102 Å². The molecule has 8 heteroatoms. The third-order valence-electron chi connectivity index (χ3n) is 5.71. The molecule has 1 aliphatic heterocycles. The van der Waals surface area contributed by atoms with Gasteiger partial charge in [-0.2, -0.15) is 0 Å². The number of hydrogen-bond acceptors (Lipinski definition) is 4. The molecule has 2 amide bonds. The smallest absolute Gasteiger partial charge is 0.326 e. The third-order valence-corrected chi connectivity index (χ3v) is 5.71. The molecule has 2 aromatic carbocycles. The lowest BCUT2D eigenvalue weighted by Gasteiger charge is -2.14. The van der Waals surface area contributed by atoms with Crippen molar-refractivity contribution >= 4 is 23.3 Å². The van der Waals surface area contributed by atoms with Crippen LogP contribution in [0.1, 0.15) is 34.6 Å². The normalized spacial score (nSPS) is 14.7. The van der Waals surface area contributed by atoms with Crippen LogP contribution < -0.4 is 21.9 Å². The highest BCUT2D eigenvalue weighted by molar-refractivity contribution is 6.05. The van der Waals surface area contributed by atoms with E-state index in [4.69, 9.17) is 0 Å². The van der Waals surface area contributed by atoms with Crippen LogP contribution in [0.2, 0.25) is 0 Å². The zero-order valence-corrected chi connectivity index (χ0v) is 18.1. The van der Waals surface area contributed by atoms with E-state index in [-0.39, 0.29) is 30.3 Å². The van der Waals surface area contributed by atoms with Gasteiger partial charge in [0.05, 0.1) is 18.0 Å². The van der Waals surface area contributed by atoms with E-state index in [0.29, 0.717) is 5.69 Å². The van der Waals surface area contributed by atoms with Crippen molar-refractivity contribution < 1.29 is 9.59 Å². The maximum Gasteiger partial charge on any atom is 0.332 e. The molecule has 0 radical (unpaired) electrons. The average molecular weight is 432 g/mol. The molecular formula is C24H24N4O4. The lowest BCUT2D eigenvalue weighted by atomic mass is 9.98. The van der Waals surface area contributed by atoms with E-state index >= 15 is 0 Å². The highest BCUT2D eigenvalue weighted by atomic mass is 16.2. The Labute approximate surface area is 184 Å². The first-order valence-electron chi connectivity index (χ1n) is 10.3. The number of aryl methyl sites for hydroxylation is 2. The summed E-state index contributed by atoms with van der Waals surface area (Å²) in [5.74, 6) is -1.67. The number of fused-ring (bicyclic) bond motifs is 1. The molecule has 0 saturated heterocycles. The second-order valence-electron chi connectivity index (χ2n) is 8.09. The molecule has 1 atom stereocenters. The van der Waals surface area contributed by atoms with E-state index in [0.717, 1.165) is 21.3 Å². The molecule has 4 rings (SSSR count). The van der Waals surface area contributed by atoms with Gasteiger partial charge in [-0.25, -0.2) is 4.79 Å². The minimum Gasteiger partial charge on any atom is -0.326 e. The van der Waals surface area contributed by atoms with Gasteiger partial charge in [0.25, 0.3) is 5.56 Å². The van der Waals surface area contributed by atoms with Crippen LogP contribution in [0.25, 0.3) is 0 Å². The van der Waals surface area contributed by atoms with Gasteiger partial charge in [0.2, 0.25) is 11.8 Å². The fourth-order valence-electron chi connectivity index (χ4n) is 4.02. The van der Waals surface area contributed by atoms with E-state index < -0.39 is 23.1 Å². The van der Waals surface area contributed by atoms with E-state index in [1.165, 1.54) is 11.6 Å². The Morgan fingerprint density at radius 2 is 1.78 bits per heavy atom. The number of amides is 2. The molecular weight excluding hydrogens is 408 g/mol. The lowest BCUT2D eigenvalue weighted by molar-refractivity contribution is -0.122. The van der Waals surface area contributed by atoms with Crippen molar-refractivity contribution in [3.63, 3.8) is 0 Å². The van der Waals surface area contributed by atoms with Gasteiger partial charge in [-0.3, -0.25) is 23.5 Å². The van der Waals surface area contributed by atoms with Crippen molar-refractivity contribution in [2.24, 2.45) is 7.05 Å². The summed E-state index contributed by atoms with van der Waals surface area (Å²) in [5.41, 5.74) is 2.52. The van der Waals surface area contributed by atoms with Crippen molar-refractivity contribution in [2.75, 3.05) is 10.6 Å². The Hall–Kier alpha value is -3.94. The fraction of sp³-hybridized carbons (Fsp3) is 0.250. The Kier molecular flexibility index (Phi) is 5.52. The van der Waals surface area contributed by atoms with Gasteiger partial charge >= 0.3 is 5.69 Å². The number of rotatable bonds is 5. The number of aromatic nitrogens is 2. The summed E-state index contributed by atoms with van der Waals surface area (Å²) < 4.78 is 2.35. The minimum atomic E-state index is -0.975. The third kappa shape index (κ3) is 3.87. The van der Waals surface area contributed by atoms with E-state index in [9.17, 15) is 19.2 Å². The molecule has 3 aromatic rings. The van der Waals surface area contributed by atoms with Crippen molar-refractivity contribution in [2.45, 2.75) is 32.7 Å². The number of carbonyl (C=O) groups excluding carboxylic acids is 2. The standard InChI is InChI=1S/C24H24N4O4/c1-14-9-10-18(15(2)11-14)25-19(29)12-17-20-21(26-22(17)30)28(24(32)27(3)23(20)31)13-16-7-5-4-6-8-16/h4-11,17H,12-13H2,1-3H3,(H,25,29)(H,26,30)/t17-/m0/s1. The van der Waals surface area contributed by atoms with Crippen LogP contribution in [-0.2, 0) is 23.2 Å². The van der Waals surface area contributed by atoms with Gasteiger partial charge in [-0.05, 0) is 31.0 Å². The zero-order valence-electron chi connectivity index (χ0n) is 18.1. The first-order chi connectivity index (χ1) is 15.3. The summed E-state index contributed by atoms with van der Waals surface area (Å²) in [7, 11) is 1.38. The molecule has 0 spiro atoms. The van der Waals surface area contributed by atoms with Crippen LogP contribution in [0, 0.1) is 13.8 Å². The quantitative estimate of drug-likeness (QED) is 0.646. The van der Waals surface area contributed by atoms with E-state index in [2.05, 4.69) is 10.6 Å². The number of benzene rings is 2. The van der Waals surface area contributed by atoms with Crippen molar-refractivity contribution in [1.82, 2.24) is 9.13 Å². The second-order valence-corrected chi connectivity index (χ2v) is 8.09. The van der Waals surface area contributed by atoms with Crippen molar-refractivity contribution in [3.05, 3.63) is 91.6 Å². The van der Waals surface area contributed by atoms with Gasteiger partial charge in [-0.15, -0.1) is 0 Å². The van der Waals surface area contributed by atoms with Crippen molar-refractivity contribution in [1.29, 1.82) is 0 Å². The van der Waals surface area contributed by atoms with Gasteiger partial charge in [0, 0.05) is 19.2 Å². The van der Waals surface area contributed by atoms with Gasteiger partial charge in [0.15, 0.2) is 0 Å². The average Bonchev–Trinajstić information content (AvgIpc) is 3.08. The number of nitrogens with one attached hydrogen (secondary N) is 2. The first-order valence-corrected chi connectivity index (χ1v) is 10.3. The molecule has 0 bridgehead atoms. The molecule has 0 saturated carbocycles. The maximum atomic E-state index is 12.9. The van der Waals surface area contributed by atoms with Gasteiger partial charge in [0.1, 0.15) is 5.82 Å². The van der Waals surface area contributed by atoms with Gasteiger partial charge in [-0.1, -0.05) is 48.0 Å². The molecule has 2 N–H and O–H groups in total.